The zero-order valence-electron chi connectivity index (χ0n) is 12.0. The zero-order valence-corrected chi connectivity index (χ0v) is 12.0. The molecule has 2 rings (SSSR count). The van der Waals surface area contributed by atoms with Crippen molar-refractivity contribution in [3.05, 3.63) is 35.7 Å². The van der Waals surface area contributed by atoms with Crippen LogP contribution in [0.4, 0.5) is 0 Å². The van der Waals surface area contributed by atoms with Gasteiger partial charge in [-0.3, -0.25) is 4.68 Å². The van der Waals surface area contributed by atoms with E-state index in [1.165, 1.54) is 11.1 Å². The smallest absolute Gasteiger partial charge is 0.123 e. The van der Waals surface area contributed by atoms with E-state index in [9.17, 15) is 0 Å². The SMILES string of the molecule is CCn1cc(-c2ccc(OC)c(CNC)c2)c(C)n1. The molecular weight excluding hydrogens is 238 g/mol. The zero-order chi connectivity index (χ0) is 13.8. The van der Waals surface area contributed by atoms with Crippen LogP contribution in [0, 0.1) is 6.92 Å². The van der Waals surface area contributed by atoms with Gasteiger partial charge < -0.3 is 10.1 Å². The van der Waals surface area contributed by atoms with Crippen molar-refractivity contribution in [2.24, 2.45) is 0 Å². The summed E-state index contributed by atoms with van der Waals surface area (Å²) in [7, 11) is 3.64. The van der Waals surface area contributed by atoms with Gasteiger partial charge in [0.25, 0.3) is 0 Å². The maximum Gasteiger partial charge on any atom is 0.123 e. The summed E-state index contributed by atoms with van der Waals surface area (Å²) in [4.78, 5) is 0. The van der Waals surface area contributed by atoms with E-state index in [4.69, 9.17) is 4.74 Å². The molecule has 0 amide bonds. The minimum absolute atomic E-state index is 0.790. The third kappa shape index (κ3) is 2.79. The van der Waals surface area contributed by atoms with Crippen molar-refractivity contribution < 1.29 is 4.74 Å². The van der Waals surface area contributed by atoms with Gasteiger partial charge in [0, 0.05) is 30.4 Å². The van der Waals surface area contributed by atoms with Crippen molar-refractivity contribution >= 4 is 0 Å². The summed E-state index contributed by atoms with van der Waals surface area (Å²) in [6.07, 6.45) is 2.10. The lowest BCUT2D eigenvalue weighted by Crippen LogP contribution is -2.06. The average molecular weight is 259 g/mol. The lowest BCUT2D eigenvalue weighted by molar-refractivity contribution is 0.408. The van der Waals surface area contributed by atoms with Gasteiger partial charge in [-0.1, -0.05) is 6.07 Å². The predicted octanol–water partition coefficient (Wildman–Crippen LogP) is 2.61. The molecule has 4 heteroatoms. The molecule has 0 aliphatic heterocycles. The minimum atomic E-state index is 0.790. The molecule has 0 spiro atoms. The molecule has 1 N–H and O–H groups in total. The number of ether oxygens (including phenoxy) is 1. The minimum Gasteiger partial charge on any atom is -0.496 e. The summed E-state index contributed by atoms with van der Waals surface area (Å²) in [5.41, 5.74) is 4.58. The maximum absolute atomic E-state index is 5.38. The fraction of sp³-hybridized carbons (Fsp3) is 0.400. The van der Waals surface area contributed by atoms with E-state index in [-0.39, 0.29) is 0 Å². The van der Waals surface area contributed by atoms with Crippen LogP contribution in [0.5, 0.6) is 5.75 Å². The van der Waals surface area contributed by atoms with Crippen LogP contribution in [0.1, 0.15) is 18.2 Å². The highest BCUT2D eigenvalue weighted by Gasteiger charge is 2.10. The highest BCUT2D eigenvalue weighted by atomic mass is 16.5. The van der Waals surface area contributed by atoms with Crippen LogP contribution >= 0.6 is 0 Å². The second-order valence-corrected chi connectivity index (χ2v) is 4.54. The van der Waals surface area contributed by atoms with E-state index in [0.717, 1.165) is 30.1 Å². The number of hydrogen-bond donors (Lipinski definition) is 1. The van der Waals surface area contributed by atoms with Crippen molar-refractivity contribution in [2.45, 2.75) is 26.9 Å². The summed E-state index contributed by atoms with van der Waals surface area (Å²) in [6, 6.07) is 6.27. The molecule has 0 bridgehead atoms. The Morgan fingerprint density at radius 2 is 2.16 bits per heavy atom. The molecule has 1 aromatic heterocycles. The van der Waals surface area contributed by atoms with Crippen molar-refractivity contribution in [1.82, 2.24) is 15.1 Å². The monoisotopic (exact) mass is 259 g/mol. The molecule has 0 fully saturated rings. The molecule has 0 saturated carbocycles. The third-order valence-electron chi connectivity index (χ3n) is 3.23. The molecule has 4 nitrogen and oxygen atoms in total. The van der Waals surface area contributed by atoms with Gasteiger partial charge in [0.05, 0.1) is 12.8 Å². The van der Waals surface area contributed by atoms with E-state index in [2.05, 4.69) is 35.7 Å². The number of aryl methyl sites for hydroxylation is 2. The average Bonchev–Trinajstić information content (AvgIpc) is 2.80. The molecule has 0 aliphatic carbocycles. The summed E-state index contributed by atoms with van der Waals surface area (Å²) >= 11 is 0. The van der Waals surface area contributed by atoms with Gasteiger partial charge in [0.15, 0.2) is 0 Å². The second-order valence-electron chi connectivity index (χ2n) is 4.54. The van der Waals surface area contributed by atoms with Crippen LogP contribution in [0.15, 0.2) is 24.4 Å². The molecule has 19 heavy (non-hydrogen) atoms. The van der Waals surface area contributed by atoms with E-state index in [0.29, 0.717) is 0 Å². The standard InChI is InChI=1S/C15H21N3O/c1-5-18-10-14(11(2)17-18)12-6-7-15(19-4)13(8-12)9-16-3/h6-8,10,16H,5,9H2,1-4H3. The molecule has 0 aliphatic rings. The first-order valence-corrected chi connectivity index (χ1v) is 6.55. The highest BCUT2D eigenvalue weighted by molar-refractivity contribution is 5.67. The maximum atomic E-state index is 5.38. The Morgan fingerprint density at radius 1 is 1.37 bits per heavy atom. The van der Waals surface area contributed by atoms with Crippen molar-refractivity contribution in [1.29, 1.82) is 0 Å². The number of nitrogens with zero attached hydrogens (tertiary/aromatic N) is 2. The van der Waals surface area contributed by atoms with E-state index >= 15 is 0 Å². The van der Waals surface area contributed by atoms with Gasteiger partial charge >= 0.3 is 0 Å². The van der Waals surface area contributed by atoms with Crippen LogP contribution in [0.2, 0.25) is 0 Å². The van der Waals surface area contributed by atoms with Gasteiger partial charge in [-0.05, 0) is 38.6 Å². The van der Waals surface area contributed by atoms with Crippen molar-refractivity contribution in [3.63, 3.8) is 0 Å². The summed E-state index contributed by atoms with van der Waals surface area (Å²) in [5.74, 6) is 0.915. The molecule has 0 saturated heterocycles. The molecule has 1 heterocycles. The Bertz CT molecular complexity index is 561. The quantitative estimate of drug-likeness (QED) is 0.897. The van der Waals surface area contributed by atoms with Gasteiger partial charge in [-0.2, -0.15) is 5.10 Å². The number of methoxy groups -OCH3 is 1. The van der Waals surface area contributed by atoms with Crippen molar-refractivity contribution in [2.75, 3.05) is 14.2 Å². The normalized spacial score (nSPS) is 10.7. The molecule has 0 atom stereocenters. The number of hydrogen-bond acceptors (Lipinski definition) is 3. The first-order valence-electron chi connectivity index (χ1n) is 6.55. The fourth-order valence-electron chi connectivity index (χ4n) is 2.24. The Labute approximate surface area is 114 Å². The molecule has 2 aromatic rings. The van der Waals surface area contributed by atoms with Crippen LogP contribution in [-0.4, -0.2) is 23.9 Å². The van der Waals surface area contributed by atoms with Crippen LogP contribution in [0.3, 0.4) is 0 Å². The molecular formula is C15H21N3O. The van der Waals surface area contributed by atoms with Gasteiger partial charge in [0.2, 0.25) is 0 Å². The summed E-state index contributed by atoms with van der Waals surface area (Å²) < 4.78 is 7.35. The first kappa shape index (κ1) is 13.6. The Hall–Kier alpha value is -1.81. The molecule has 1 aromatic carbocycles. The molecule has 0 unspecified atom stereocenters. The van der Waals surface area contributed by atoms with Crippen LogP contribution in [0.25, 0.3) is 11.1 Å². The Balaban J connectivity index is 2.44. The van der Waals surface area contributed by atoms with Gasteiger partial charge in [-0.15, -0.1) is 0 Å². The van der Waals surface area contributed by atoms with Crippen LogP contribution in [-0.2, 0) is 13.1 Å². The second kappa shape index (κ2) is 5.89. The van der Waals surface area contributed by atoms with E-state index < -0.39 is 0 Å². The molecule has 102 valence electrons. The van der Waals surface area contributed by atoms with E-state index in [1.54, 1.807) is 7.11 Å². The Kier molecular flexibility index (Phi) is 4.22. The Morgan fingerprint density at radius 3 is 2.74 bits per heavy atom. The largest absolute Gasteiger partial charge is 0.496 e. The summed E-state index contributed by atoms with van der Waals surface area (Å²) in [6.45, 7) is 5.82. The topological polar surface area (TPSA) is 39.1 Å². The predicted molar refractivity (Wildman–Crippen MR) is 77.4 cm³/mol. The number of rotatable bonds is 5. The molecule has 0 radical (unpaired) electrons. The number of aromatic nitrogens is 2. The number of nitrogens with one attached hydrogen (secondary N) is 1. The third-order valence-corrected chi connectivity index (χ3v) is 3.23. The fourth-order valence-corrected chi connectivity index (χ4v) is 2.24. The number of benzene rings is 1. The van der Waals surface area contributed by atoms with Crippen molar-refractivity contribution in [3.8, 4) is 16.9 Å². The van der Waals surface area contributed by atoms with Crippen LogP contribution < -0.4 is 10.1 Å². The van der Waals surface area contributed by atoms with Gasteiger partial charge in [-0.25, -0.2) is 0 Å². The first-order chi connectivity index (χ1) is 9.19. The van der Waals surface area contributed by atoms with E-state index in [1.807, 2.05) is 24.7 Å². The summed E-state index contributed by atoms with van der Waals surface area (Å²) in [5, 5.41) is 7.66. The van der Waals surface area contributed by atoms with Gasteiger partial charge in [0.1, 0.15) is 5.75 Å². The lowest BCUT2D eigenvalue weighted by Gasteiger charge is -2.10. The highest BCUT2D eigenvalue weighted by Crippen LogP contribution is 2.28. The lowest BCUT2D eigenvalue weighted by atomic mass is 10.0.